The minimum Gasteiger partial charge on any atom is -0.370 e. The van der Waals surface area contributed by atoms with E-state index in [-0.39, 0.29) is 12.3 Å². The summed E-state index contributed by atoms with van der Waals surface area (Å²) in [5, 5.41) is 0. The van der Waals surface area contributed by atoms with Gasteiger partial charge in [-0.2, -0.15) is 0 Å². The highest BCUT2D eigenvalue weighted by molar-refractivity contribution is 5.95. The standard InChI is InChI=1S/C24H31N3O2/c25-23(28)16-18-27(22-13-5-2-6-14-22)24(29)19-26(21-11-7-8-12-21)17-15-20-9-3-1-4-10-20/h1-6,9-10,13-14,21H,7-8,11-12,15-19H2,(H2,25,28). The summed E-state index contributed by atoms with van der Waals surface area (Å²) < 4.78 is 0. The number of hydrogen-bond donors (Lipinski definition) is 1. The number of benzene rings is 2. The fourth-order valence-corrected chi connectivity index (χ4v) is 4.06. The van der Waals surface area contributed by atoms with Gasteiger partial charge in [-0.3, -0.25) is 14.5 Å². The number of rotatable bonds is 10. The van der Waals surface area contributed by atoms with Gasteiger partial charge in [0.1, 0.15) is 0 Å². The molecule has 0 saturated heterocycles. The van der Waals surface area contributed by atoms with Gasteiger partial charge in [0.25, 0.3) is 0 Å². The van der Waals surface area contributed by atoms with E-state index in [1.807, 2.05) is 36.4 Å². The van der Waals surface area contributed by atoms with Crippen molar-refractivity contribution in [2.24, 2.45) is 5.73 Å². The molecule has 5 heteroatoms. The van der Waals surface area contributed by atoms with Crippen LogP contribution in [0, 0.1) is 0 Å². The van der Waals surface area contributed by atoms with E-state index in [1.54, 1.807) is 4.90 Å². The van der Waals surface area contributed by atoms with Crippen molar-refractivity contribution in [3.63, 3.8) is 0 Å². The number of primary amides is 1. The molecule has 5 nitrogen and oxygen atoms in total. The largest absolute Gasteiger partial charge is 0.370 e. The van der Waals surface area contributed by atoms with Crippen LogP contribution in [0.5, 0.6) is 0 Å². The van der Waals surface area contributed by atoms with Gasteiger partial charge in [-0.15, -0.1) is 0 Å². The van der Waals surface area contributed by atoms with Gasteiger partial charge in [-0.05, 0) is 37.0 Å². The van der Waals surface area contributed by atoms with Crippen molar-refractivity contribution in [3.05, 3.63) is 66.2 Å². The Labute approximate surface area is 173 Å². The molecule has 1 saturated carbocycles. The van der Waals surface area contributed by atoms with E-state index in [2.05, 4.69) is 29.2 Å². The molecule has 2 amide bonds. The molecule has 2 aromatic rings. The predicted octanol–water partition coefficient (Wildman–Crippen LogP) is 3.38. The zero-order valence-corrected chi connectivity index (χ0v) is 17.0. The number of para-hydroxylation sites is 1. The lowest BCUT2D eigenvalue weighted by Crippen LogP contribution is -2.45. The average Bonchev–Trinajstić information content (AvgIpc) is 3.27. The number of carbonyl (C=O) groups excluding carboxylic acids is 2. The average molecular weight is 394 g/mol. The van der Waals surface area contributed by atoms with Crippen LogP contribution >= 0.6 is 0 Å². The van der Waals surface area contributed by atoms with Crippen LogP contribution in [0.1, 0.15) is 37.7 Å². The van der Waals surface area contributed by atoms with Crippen molar-refractivity contribution in [1.29, 1.82) is 0 Å². The molecule has 154 valence electrons. The summed E-state index contributed by atoms with van der Waals surface area (Å²) in [7, 11) is 0. The molecule has 0 atom stereocenters. The molecular weight excluding hydrogens is 362 g/mol. The van der Waals surface area contributed by atoms with Gasteiger partial charge in [-0.25, -0.2) is 0 Å². The van der Waals surface area contributed by atoms with Gasteiger partial charge >= 0.3 is 0 Å². The molecular formula is C24H31N3O2. The van der Waals surface area contributed by atoms with E-state index in [0.29, 0.717) is 19.1 Å². The minimum atomic E-state index is -0.393. The van der Waals surface area contributed by atoms with Crippen molar-refractivity contribution in [3.8, 4) is 0 Å². The van der Waals surface area contributed by atoms with Crippen LogP contribution in [0.2, 0.25) is 0 Å². The van der Waals surface area contributed by atoms with Crippen molar-refractivity contribution < 1.29 is 9.59 Å². The second kappa shape index (κ2) is 10.8. The Morgan fingerprint density at radius 3 is 2.14 bits per heavy atom. The SMILES string of the molecule is NC(=O)CCN(C(=O)CN(CCc1ccccc1)C1CCCC1)c1ccccc1. The van der Waals surface area contributed by atoms with Crippen LogP contribution in [0.3, 0.4) is 0 Å². The van der Waals surface area contributed by atoms with Crippen LogP contribution < -0.4 is 10.6 Å². The maximum absolute atomic E-state index is 13.3. The Morgan fingerprint density at radius 1 is 0.897 bits per heavy atom. The first kappa shape index (κ1) is 21.1. The second-order valence-electron chi connectivity index (χ2n) is 7.74. The Bertz CT molecular complexity index is 773. The van der Waals surface area contributed by atoms with Gasteiger partial charge < -0.3 is 10.6 Å². The number of nitrogens with two attached hydrogens (primary N) is 1. The van der Waals surface area contributed by atoms with Crippen molar-refractivity contribution >= 4 is 17.5 Å². The van der Waals surface area contributed by atoms with Crippen LogP contribution in [0.4, 0.5) is 5.69 Å². The minimum absolute atomic E-state index is 0.0254. The maximum Gasteiger partial charge on any atom is 0.241 e. The summed E-state index contributed by atoms with van der Waals surface area (Å²) in [6.07, 6.45) is 5.84. The molecule has 3 rings (SSSR count). The summed E-state index contributed by atoms with van der Waals surface area (Å²) >= 11 is 0. The highest BCUT2D eigenvalue weighted by Crippen LogP contribution is 2.24. The highest BCUT2D eigenvalue weighted by Gasteiger charge is 2.26. The molecule has 0 bridgehead atoms. The Kier molecular flexibility index (Phi) is 7.82. The van der Waals surface area contributed by atoms with Crippen LogP contribution in [-0.4, -0.2) is 42.4 Å². The lowest BCUT2D eigenvalue weighted by Gasteiger charge is -2.31. The number of anilines is 1. The number of nitrogens with zero attached hydrogens (tertiary/aromatic N) is 2. The second-order valence-corrected chi connectivity index (χ2v) is 7.74. The number of carbonyl (C=O) groups is 2. The number of amides is 2. The Balaban J connectivity index is 1.70. The Hall–Kier alpha value is -2.66. The van der Waals surface area contributed by atoms with Crippen molar-refractivity contribution in [1.82, 2.24) is 4.90 Å². The molecule has 0 aliphatic heterocycles. The molecule has 0 radical (unpaired) electrons. The third-order valence-electron chi connectivity index (χ3n) is 5.66. The summed E-state index contributed by atoms with van der Waals surface area (Å²) in [6.45, 7) is 1.54. The fraction of sp³-hybridized carbons (Fsp3) is 0.417. The van der Waals surface area contributed by atoms with E-state index < -0.39 is 5.91 Å². The molecule has 0 aromatic heterocycles. The normalized spacial score (nSPS) is 14.2. The monoisotopic (exact) mass is 393 g/mol. The first-order valence-electron chi connectivity index (χ1n) is 10.5. The van der Waals surface area contributed by atoms with E-state index in [9.17, 15) is 9.59 Å². The van der Waals surface area contributed by atoms with Crippen LogP contribution in [0.15, 0.2) is 60.7 Å². The number of hydrogen-bond acceptors (Lipinski definition) is 3. The topological polar surface area (TPSA) is 66.6 Å². The van der Waals surface area contributed by atoms with E-state index in [0.717, 1.165) is 31.5 Å². The fourth-order valence-electron chi connectivity index (χ4n) is 4.06. The first-order valence-corrected chi connectivity index (χ1v) is 10.5. The van der Waals surface area contributed by atoms with Gasteiger partial charge in [-0.1, -0.05) is 61.4 Å². The summed E-state index contributed by atoms with van der Waals surface area (Å²) in [6, 6.07) is 20.4. The first-order chi connectivity index (χ1) is 14.1. The predicted molar refractivity (Wildman–Crippen MR) is 117 cm³/mol. The molecule has 0 unspecified atom stereocenters. The van der Waals surface area contributed by atoms with Crippen LogP contribution in [-0.2, 0) is 16.0 Å². The van der Waals surface area contributed by atoms with E-state index in [4.69, 9.17) is 5.73 Å². The Morgan fingerprint density at radius 2 is 1.52 bits per heavy atom. The lowest BCUT2D eigenvalue weighted by atomic mass is 10.1. The summed E-state index contributed by atoms with van der Waals surface area (Å²) in [5.41, 5.74) is 7.45. The third kappa shape index (κ3) is 6.43. The smallest absolute Gasteiger partial charge is 0.241 e. The molecule has 0 heterocycles. The summed E-state index contributed by atoms with van der Waals surface area (Å²) in [4.78, 5) is 28.6. The van der Waals surface area contributed by atoms with Gasteiger partial charge in [0.2, 0.25) is 11.8 Å². The van der Waals surface area contributed by atoms with Crippen molar-refractivity contribution in [2.45, 2.75) is 44.6 Å². The zero-order chi connectivity index (χ0) is 20.5. The molecule has 1 aliphatic carbocycles. The molecule has 0 spiro atoms. The van der Waals surface area contributed by atoms with Crippen LogP contribution in [0.25, 0.3) is 0 Å². The third-order valence-corrected chi connectivity index (χ3v) is 5.66. The van der Waals surface area contributed by atoms with E-state index in [1.165, 1.54) is 18.4 Å². The van der Waals surface area contributed by atoms with E-state index >= 15 is 0 Å². The van der Waals surface area contributed by atoms with Gasteiger partial charge in [0.05, 0.1) is 6.54 Å². The molecule has 1 fully saturated rings. The maximum atomic E-state index is 13.3. The molecule has 29 heavy (non-hydrogen) atoms. The molecule has 1 aliphatic rings. The lowest BCUT2D eigenvalue weighted by molar-refractivity contribution is -0.120. The molecule has 2 aromatic carbocycles. The quantitative estimate of drug-likeness (QED) is 0.673. The molecule has 2 N–H and O–H groups in total. The van der Waals surface area contributed by atoms with Gasteiger partial charge in [0.15, 0.2) is 0 Å². The van der Waals surface area contributed by atoms with Crippen molar-refractivity contribution in [2.75, 3.05) is 24.5 Å². The zero-order valence-electron chi connectivity index (χ0n) is 17.0. The van der Waals surface area contributed by atoms with Gasteiger partial charge in [0, 0.05) is 31.2 Å². The highest BCUT2D eigenvalue weighted by atomic mass is 16.2. The summed E-state index contributed by atoms with van der Waals surface area (Å²) in [5.74, 6) is -0.368.